The summed E-state index contributed by atoms with van der Waals surface area (Å²) in [7, 11) is 0. The molecule has 1 radical (unpaired) electrons. The van der Waals surface area contributed by atoms with E-state index in [1.807, 2.05) is 0 Å². The van der Waals surface area contributed by atoms with E-state index in [0.29, 0.717) is 0 Å². The van der Waals surface area contributed by atoms with Crippen molar-refractivity contribution in [2.45, 2.75) is 71.1 Å². The second-order valence-corrected chi connectivity index (χ2v) is 5.50. The molecule has 0 aromatic heterocycles. The number of allylic oxidation sites excluding steroid dienone is 6. The van der Waals surface area contributed by atoms with Crippen molar-refractivity contribution in [3.63, 3.8) is 0 Å². The van der Waals surface area contributed by atoms with E-state index in [9.17, 15) is 9.90 Å². The van der Waals surface area contributed by atoms with Gasteiger partial charge in [-0.1, -0.05) is 69.2 Å². The number of aliphatic carboxylic acids is 2. The van der Waals surface area contributed by atoms with E-state index in [0.717, 1.165) is 51.0 Å². The molecule has 151 valence electrons. The molecule has 0 N–H and O–H groups in total. The Morgan fingerprint density at radius 3 is 1.77 bits per heavy atom. The summed E-state index contributed by atoms with van der Waals surface area (Å²) < 4.78 is 0. The smallest absolute Gasteiger partial charge is 0.550 e. The Morgan fingerprint density at radius 1 is 0.808 bits per heavy atom. The number of hydrogen-bond donors (Lipinski definition) is 0. The molecule has 0 saturated carbocycles. The monoisotopic (exact) mass is 411 g/mol. The largest absolute Gasteiger partial charge is 2.00 e. The van der Waals surface area contributed by atoms with Crippen LogP contribution in [0.4, 0.5) is 0 Å². The molecule has 0 fully saturated rings. The summed E-state index contributed by atoms with van der Waals surface area (Å²) in [6, 6.07) is 0. The average Bonchev–Trinajstić information content (AvgIpc) is 2.58. The number of carbonyl (C=O) groups excluding carboxylic acids is 2. The van der Waals surface area contributed by atoms with Crippen LogP contribution >= 0.6 is 0 Å². The number of rotatable bonds is 14. The van der Waals surface area contributed by atoms with Crippen molar-refractivity contribution in [3.05, 3.63) is 49.1 Å². The summed E-state index contributed by atoms with van der Waals surface area (Å²) in [6.07, 6.45) is 23.8. The molecule has 0 aromatic carbocycles. The van der Waals surface area contributed by atoms with Crippen molar-refractivity contribution in [3.8, 4) is 0 Å². The Kier molecular flexibility index (Phi) is 28.8. The van der Waals surface area contributed by atoms with E-state index in [1.165, 1.54) is 12.8 Å². The fraction of sp³-hybridized carbons (Fsp3) is 0.524. The van der Waals surface area contributed by atoms with Gasteiger partial charge in [-0.3, -0.25) is 0 Å². The van der Waals surface area contributed by atoms with Gasteiger partial charge in [0.2, 0.25) is 0 Å². The van der Waals surface area contributed by atoms with Crippen LogP contribution in [-0.4, -0.2) is 11.9 Å². The fourth-order valence-corrected chi connectivity index (χ4v) is 1.89. The molecule has 0 rings (SSSR count). The summed E-state index contributed by atoms with van der Waals surface area (Å²) >= 11 is 0. The molecule has 26 heavy (non-hydrogen) atoms. The van der Waals surface area contributed by atoms with Gasteiger partial charge in [0.25, 0.3) is 0 Å². The van der Waals surface area contributed by atoms with Crippen LogP contribution in [0.3, 0.4) is 0 Å². The maximum atomic E-state index is 10.2. The topological polar surface area (TPSA) is 80.3 Å². The summed E-state index contributed by atoms with van der Waals surface area (Å²) in [6.45, 7) is 5.04. The Labute approximate surface area is 169 Å². The van der Waals surface area contributed by atoms with Crippen molar-refractivity contribution >= 4 is 11.9 Å². The number of unbranched alkanes of at least 4 members (excludes halogenated alkanes) is 5. The van der Waals surface area contributed by atoms with E-state index >= 15 is 0 Å². The molecule has 5 heteroatoms. The minimum atomic E-state index is -1.23. The van der Waals surface area contributed by atoms with Crippen LogP contribution < -0.4 is 10.2 Å². The van der Waals surface area contributed by atoms with Gasteiger partial charge in [-0.25, -0.2) is 0 Å². The molecule has 4 nitrogen and oxygen atoms in total. The van der Waals surface area contributed by atoms with Gasteiger partial charge in [0.15, 0.2) is 0 Å². The van der Waals surface area contributed by atoms with Crippen LogP contribution in [0.25, 0.3) is 0 Å². The third-order valence-corrected chi connectivity index (χ3v) is 3.20. The summed E-state index contributed by atoms with van der Waals surface area (Å²) in [5.41, 5.74) is 0. The first-order valence-corrected chi connectivity index (χ1v) is 9.02. The Bertz CT molecular complexity index is 426. The average molecular weight is 412 g/mol. The Hall–Kier alpha value is -1.58. The first-order chi connectivity index (χ1) is 12.0. The first kappa shape index (κ1) is 29.2. The molecule has 0 saturated heterocycles. The van der Waals surface area contributed by atoms with Gasteiger partial charge in [-0.05, 0) is 51.0 Å². The van der Waals surface area contributed by atoms with Crippen molar-refractivity contribution in [2.75, 3.05) is 0 Å². The maximum Gasteiger partial charge on any atom is 2.00 e. The minimum Gasteiger partial charge on any atom is -0.550 e. The van der Waals surface area contributed by atoms with Crippen LogP contribution in [0.1, 0.15) is 71.1 Å². The second kappa shape index (κ2) is 25.7. The molecule has 0 bridgehead atoms. The van der Waals surface area contributed by atoms with E-state index in [1.54, 1.807) is 0 Å². The van der Waals surface area contributed by atoms with Crippen molar-refractivity contribution in [1.82, 2.24) is 0 Å². The molecule has 0 aromatic rings. The van der Waals surface area contributed by atoms with E-state index in [4.69, 9.17) is 9.90 Å². The molecule has 0 aliphatic rings. The molecule has 0 atom stereocenters. The fourth-order valence-electron chi connectivity index (χ4n) is 1.89. The molecule has 0 amide bonds. The first-order valence-electron chi connectivity index (χ1n) is 9.02. The zero-order valence-electron chi connectivity index (χ0n) is 15.8. The number of carboxylic acid groups (broad SMARTS) is 2. The molecule has 0 spiro atoms. The summed E-state index contributed by atoms with van der Waals surface area (Å²) in [5, 5.41) is 19.3. The standard InChI is InChI=1S/C18H30O2.C3H4O2.Cu/c1-2-3-4-5-6-7-8-9-10-11-12-13-14-15-16-17-18(19)20;1-2-3(4)5;/h3-4,6-7,9-10H,2,5,8,11-17H2,1H3,(H,19,20);2H,1H2,(H,4,5);/q;;+2/p-2/b4-3-,7-6-,10-9-;;. The van der Waals surface area contributed by atoms with E-state index in [2.05, 4.69) is 50.0 Å². The Morgan fingerprint density at radius 2 is 1.27 bits per heavy atom. The van der Waals surface area contributed by atoms with Crippen LogP contribution in [0, 0.1) is 0 Å². The van der Waals surface area contributed by atoms with E-state index in [-0.39, 0.29) is 23.5 Å². The van der Waals surface area contributed by atoms with Gasteiger partial charge in [-0.15, -0.1) is 0 Å². The number of carboxylic acids is 2. The SMILES string of the molecule is C=CC(=O)[O-].CC/C=C\C/C=C\C/C=C\CCCCCCCC(=O)[O-].[Cu+2]. The normalized spacial score (nSPS) is 10.5. The van der Waals surface area contributed by atoms with Crippen LogP contribution in [-0.2, 0) is 26.7 Å². The predicted octanol–water partition coefficient (Wildman–Crippen LogP) is 3.25. The molecular formula is C21H32CuO4. The quantitative estimate of drug-likeness (QED) is 0.190. The third kappa shape index (κ3) is 33.9. The number of carbonyl (C=O) groups is 2. The van der Waals surface area contributed by atoms with Crippen LogP contribution in [0.15, 0.2) is 49.1 Å². The molecule has 0 unspecified atom stereocenters. The molecule has 0 aliphatic carbocycles. The molecular weight excluding hydrogens is 380 g/mol. The second-order valence-electron chi connectivity index (χ2n) is 5.50. The summed E-state index contributed by atoms with van der Waals surface area (Å²) in [5.74, 6) is -2.16. The van der Waals surface area contributed by atoms with Crippen molar-refractivity contribution < 1.29 is 36.9 Å². The third-order valence-electron chi connectivity index (χ3n) is 3.20. The van der Waals surface area contributed by atoms with Crippen molar-refractivity contribution in [1.29, 1.82) is 0 Å². The Balaban J connectivity index is -0.000000772. The van der Waals surface area contributed by atoms with Gasteiger partial charge in [-0.2, -0.15) is 0 Å². The zero-order valence-corrected chi connectivity index (χ0v) is 16.7. The number of hydrogen-bond acceptors (Lipinski definition) is 4. The van der Waals surface area contributed by atoms with Gasteiger partial charge >= 0.3 is 17.1 Å². The minimum absolute atomic E-state index is 0. The zero-order chi connectivity index (χ0) is 19.2. The maximum absolute atomic E-state index is 10.2. The van der Waals surface area contributed by atoms with Gasteiger partial charge in [0.05, 0.1) is 5.97 Å². The van der Waals surface area contributed by atoms with Crippen LogP contribution in [0.5, 0.6) is 0 Å². The van der Waals surface area contributed by atoms with Crippen molar-refractivity contribution in [2.24, 2.45) is 0 Å². The van der Waals surface area contributed by atoms with Gasteiger partial charge in [0, 0.05) is 5.97 Å². The van der Waals surface area contributed by atoms with Crippen LogP contribution in [0.2, 0.25) is 0 Å². The summed E-state index contributed by atoms with van der Waals surface area (Å²) in [4.78, 5) is 19.3. The predicted molar refractivity (Wildman–Crippen MR) is 99.5 cm³/mol. The molecule has 0 aliphatic heterocycles. The molecule has 0 heterocycles. The van der Waals surface area contributed by atoms with Gasteiger partial charge in [0.1, 0.15) is 0 Å². The van der Waals surface area contributed by atoms with E-state index < -0.39 is 11.9 Å². The van der Waals surface area contributed by atoms with Gasteiger partial charge < -0.3 is 19.8 Å².